The second-order valence-corrected chi connectivity index (χ2v) is 4.54. The van der Waals surface area contributed by atoms with Gasteiger partial charge in [-0.1, -0.05) is 23.8 Å². The molecule has 1 aromatic carbocycles. The van der Waals surface area contributed by atoms with E-state index in [9.17, 15) is 4.79 Å². The summed E-state index contributed by atoms with van der Waals surface area (Å²) in [5.74, 6) is -0.242. The third-order valence-electron chi connectivity index (χ3n) is 2.94. The maximum atomic E-state index is 11.7. The van der Waals surface area contributed by atoms with Crippen molar-refractivity contribution in [3.63, 3.8) is 0 Å². The number of benzene rings is 1. The van der Waals surface area contributed by atoms with Crippen molar-refractivity contribution in [1.29, 1.82) is 0 Å². The molecule has 1 aromatic heterocycles. The molecule has 2 aromatic rings. The van der Waals surface area contributed by atoms with Crippen LogP contribution in [-0.2, 0) is 0 Å². The first kappa shape index (κ1) is 13.1. The summed E-state index contributed by atoms with van der Waals surface area (Å²) in [7, 11) is 0. The molecular weight excluding hydrogens is 238 g/mol. The van der Waals surface area contributed by atoms with Gasteiger partial charge in [0.2, 0.25) is 0 Å². The molecule has 0 fully saturated rings. The molecule has 19 heavy (non-hydrogen) atoms. The molecule has 0 aliphatic carbocycles. The second-order valence-electron chi connectivity index (χ2n) is 4.54. The molecule has 0 saturated carbocycles. The molecule has 0 aliphatic heterocycles. The zero-order valence-corrected chi connectivity index (χ0v) is 11.3. The third-order valence-corrected chi connectivity index (χ3v) is 2.94. The topological polar surface area (TPSA) is 57.2 Å². The van der Waals surface area contributed by atoms with E-state index >= 15 is 0 Å². The van der Waals surface area contributed by atoms with Crippen molar-refractivity contribution in [2.24, 2.45) is 5.10 Å². The number of hydrazone groups is 1. The van der Waals surface area contributed by atoms with Crippen molar-refractivity contribution in [2.45, 2.75) is 20.8 Å². The molecule has 0 spiro atoms. The number of aryl methyl sites for hydroxylation is 2. The minimum Gasteiger partial charge on any atom is -0.357 e. The molecule has 1 amide bonds. The molecule has 98 valence electrons. The number of H-pyrrole nitrogens is 1. The van der Waals surface area contributed by atoms with Gasteiger partial charge in [0.05, 0.1) is 5.71 Å². The number of rotatable bonds is 3. The summed E-state index contributed by atoms with van der Waals surface area (Å²) in [5, 5.41) is 4.14. The zero-order chi connectivity index (χ0) is 13.8. The predicted molar refractivity (Wildman–Crippen MR) is 76.4 cm³/mol. The highest BCUT2D eigenvalue weighted by Gasteiger charge is 2.06. The molecule has 1 heterocycles. The van der Waals surface area contributed by atoms with Gasteiger partial charge in [0.1, 0.15) is 5.69 Å². The molecule has 0 atom stereocenters. The fourth-order valence-corrected chi connectivity index (χ4v) is 1.95. The summed E-state index contributed by atoms with van der Waals surface area (Å²) < 4.78 is 0. The Bertz CT molecular complexity index is 612. The second kappa shape index (κ2) is 5.52. The van der Waals surface area contributed by atoms with E-state index in [2.05, 4.69) is 28.5 Å². The molecule has 0 saturated heterocycles. The number of aromatic amines is 1. The fraction of sp³-hybridized carbons (Fsp3) is 0.200. The van der Waals surface area contributed by atoms with Crippen LogP contribution in [0.3, 0.4) is 0 Å². The Morgan fingerprint density at radius 3 is 2.68 bits per heavy atom. The Balaban J connectivity index is 2.13. The van der Waals surface area contributed by atoms with E-state index in [1.165, 1.54) is 5.56 Å². The Morgan fingerprint density at radius 1 is 1.26 bits per heavy atom. The standard InChI is InChI=1S/C15H17N3O/c1-10-6-7-13(11(2)9-10)12(3)17-18-15(19)14-5-4-8-16-14/h4-9,16H,1-3H3,(H,18,19)/b17-12-. The number of aromatic nitrogens is 1. The van der Waals surface area contributed by atoms with Crippen molar-refractivity contribution in [2.75, 3.05) is 0 Å². The first-order chi connectivity index (χ1) is 9.08. The smallest absolute Gasteiger partial charge is 0.287 e. The van der Waals surface area contributed by atoms with Gasteiger partial charge >= 0.3 is 0 Å². The molecular formula is C15H17N3O. The highest BCUT2D eigenvalue weighted by molar-refractivity contribution is 6.01. The summed E-state index contributed by atoms with van der Waals surface area (Å²) in [6.07, 6.45) is 1.70. The highest BCUT2D eigenvalue weighted by atomic mass is 16.2. The van der Waals surface area contributed by atoms with Gasteiger partial charge in [0, 0.05) is 11.8 Å². The van der Waals surface area contributed by atoms with Crippen LogP contribution in [-0.4, -0.2) is 16.6 Å². The van der Waals surface area contributed by atoms with Crippen LogP contribution in [0.1, 0.15) is 34.1 Å². The van der Waals surface area contributed by atoms with Crippen molar-refractivity contribution in [3.8, 4) is 0 Å². The van der Waals surface area contributed by atoms with E-state index in [1.54, 1.807) is 18.3 Å². The Hall–Kier alpha value is -2.36. The van der Waals surface area contributed by atoms with Gasteiger partial charge in [-0.15, -0.1) is 0 Å². The lowest BCUT2D eigenvalue weighted by Gasteiger charge is -2.06. The van der Waals surface area contributed by atoms with Crippen LogP contribution in [0.2, 0.25) is 0 Å². The molecule has 4 heteroatoms. The maximum Gasteiger partial charge on any atom is 0.287 e. The van der Waals surface area contributed by atoms with Crippen molar-refractivity contribution in [3.05, 3.63) is 58.9 Å². The average molecular weight is 255 g/mol. The van der Waals surface area contributed by atoms with Gasteiger partial charge in [-0.2, -0.15) is 5.10 Å². The van der Waals surface area contributed by atoms with E-state index < -0.39 is 0 Å². The van der Waals surface area contributed by atoms with Crippen molar-refractivity contribution < 1.29 is 4.79 Å². The number of carbonyl (C=O) groups is 1. The van der Waals surface area contributed by atoms with Crippen molar-refractivity contribution in [1.82, 2.24) is 10.4 Å². The summed E-state index contributed by atoms with van der Waals surface area (Å²) in [6.45, 7) is 5.97. The van der Waals surface area contributed by atoms with Crippen LogP contribution in [0.4, 0.5) is 0 Å². The van der Waals surface area contributed by atoms with E-state index in [4.69, 9.17) is 0 Å². The maximum absolute atomic E-state index is 11.7. The van der Waals surface area contributed by atoms with Gasteiger partial charge in [0.25, 0.3) is 5.91 Å². The van der Waals surface area contributed by atoms with Crippen LogP contribution in [0.25, 0.3) is 0 Å². The number of hydrogen-bond donors (Lipinski definition) is 2. The fourth-order valence-electron chi connectivity index (χ4n) is 1.95. The summed E-state index contributed by atoms with van der Waals surface area (Å²) in [4.78, 5) is 14.6. The first-order valence-corrected chi connectivity index (χ1v) is 6.13. The molecule has 0 unspecified atom stereocenters. The molecule has 4 nitrogen and oxygen atoms in total. The number of nitrogens with one attached hydrogen (secondary N) is 2. The molecule has 2 rings (SSSR count). The van der Waals surface area contributed by atoms with E-state index in [-0.39, 0.29) is 5.91 Å². The first-order valence-electron chi connectivity index (χ1n) is 6.13. The van der Waals surface area contributed by atoms with Crippen LogP contribution in [0.15, 0.2) is 41.6 Å². The van der Waals surface area contributed by atoms with Gasteiger partial charge in [-0.25, -0.2) is 5.43 Å². The van der Waals surface area contributed by atoms with Crippen LogP contribution in [0.5, 0.6) is 0 Å². The Labute approximate surface area is 112 Å². The van der Waals surface area contributed by atoms with Gasteiger partial charge < -0.3 is 4.98 Å². The van der Waals surface area contributed by atoms with Crippen LogP contribution in [0, 0.1) is 13.8 Å². The Kier molecular flexibility index (Phi) is 3.80. The monoisotopic (exact) mass is 255 g/mol. The summed E-state index contributed by atoms with van der Waals surface area (Å²) >= 11 is 0. The summed E-state index contributed by atoms with van der Waals surface area (Å²) in [5.41, 5.74) is 7.23. The molecule has 0 bridgehead atoms. The molecule has 0 aliphatic rings. The highest BCUT2D eigenvalue weighted by Crippen LogP contribution is 2.11. The lowest BCUT2D eigenvalue weighted by atomic mass is 10.0. The molecule has 2 N–H and O–H groups in total. The number of hydrogen-bond acceptors (Lipinski definition) is 2. The zero-order valence-electron chi connectivity index (χ0n) is 11.3. The van der Waals surface area contributed by atoms with E-state index in [0.717, 1.165) is 16.8 Å². The predicted octanol–water partition coefficient (Wildman–Crippen LogP) is 2.79. The Morgan fingerprint density at radius 2 is 2.05 bits per heavy atom. The average Bonchev–Trinajstić information content (AvgIpc) is 2.89. The number of carbonyl (C=O) groups excluding carboxylic acids is 1. The summed E-state index contributed by atoms with van der Waals surface area (Å²) in [6, 6.07) is 9.63. The van der Waals surface area contributed by atoms with Crippen LogP contribution >= 0.6 is 0 Å². The quantitative estimate of drug-likeness (QED) is 0.643. The van der Waals surface area contributed by atoms with Crippen molar-refractivity contribution >= 4 is 11.6 Å². The normalized spacial score (nSPS) is 11.4. The van der Waals surface area contributed by atoms with Gasteiger partial charge in [-0.3, -0.25) is 4.79 Å². The minimum absolute atomic E-state index is 0.242. The minimum atomic E-state index is -0.242. The van der Waals surface area contributed by atoms with Crippen LogP contribution < -0.4 is 5.43 Å². The third kappa shape index (κ3) is 3.10. The number of amides is 1. The lowest BCUT2D eigenvalue weighted by molar-refractivity contribution is 0.0950. The molecule has 0 radical (unpaired) electrons. The SMILES string of the molecule is C/C(=N/NC(=O)c1ccc[nH]1)c1ccc(C)cc1C. The lowest BCUT2D eigenvalue weighted by Crippen LogP contribution is -2.19. The van der Waals surface area contributed by atoms with Gasteiger partial charge in [-0.05, 0) is 38.5 Å². The largest absolute Gasteiger partial charge is 0.357 e. The number of nitrogens with zero attached hydrogens (tertiary/aromatic N) is 1. The van der Waals surface area contributed by atoms with E-state index in [1.807, 2.05) is 26.0 Å². The van der Waals surface area contributed by atoms with E-state index in [0.29, 0.717) is 5.69 Å². The van der Waals surface area contributed by atoms with Gasteiger partial charge in [0.15, 0.2) is 0 Å².